The summed E-state index contributed by atoms with van der Waals surface area (Å²) in [6.45, 7) is 2.43. The van der Waals surface area contributed by atoms with Crippen LogP contribution in [0.5, 0.6) is 0 Å². The Morgan fingerprint density at radius 2 is 2.38 bits per heavy atom. The third-order valence-corrected chi connectivity index (χ3v) is 3.82. The van der Waals surface area contributed by atoms with Gasteiger partial charge in [-0.1, -0.05) is 6.07 Å². The molecular formula is C15H15N3O2S. The highest BCUT2D eigenvalue weighted by molar-refractivity contribution is 7.09. The molecule has 1 amide bonds. The number of rotatable bonds is 6. The first-order chi connectivity index (χ1) is 10.2. The summed E-state index contributed by atoms with van der Waals surface area (Å²) in [6.07, 6.45) is 0.758. The molecule has 1 aromatic heterocycles. The highest BCUT2D eigenvalue weighted by Gasteiger charge is 2.05. The molecule has 0 aliphatic rings. The van der Waals surface area contributed by atoms with E-state index in [9.17, 15) is 4.79 Å². The zero-order chi connectivity index (χ0) is 15.1. The molecule has 2 aromatic rings. The molecule has 0 unspecified atom stereocenters. The lowest BCUT2D eigenvalue weighted by molar-refractivity contribution is -0.120. The van der Waals surface area contributed by atoms with Crippen LogP contribution in [0.1, 0.15) is 16.1 Å². The average Bonchev–Trinajstić information content (AvgIpc) is 2.89. The van der Waals surface area contributed by atoms with Gasteiger partial charge in [0.15, 0.2) is 0 Å². The summed E-state index contributed by atoms with van der Waals surface area (Å²) in [5.41, 5.74) is 3.93. The lowest BCUT2D eigenvalue weighted by atomic mass is 10.2. The van der Waals surface area contributed by atoms with Crippen molar-refractivity contribution in [3.05, 3.63) is 45.9 Å². The number of nitrogens with one attached hydrogen (secondary N) is 1. The van der Waals surface area contributed by atoms with Crippen molar-refractivity contribution in [1.29, 1.82) is 5.26 Å². The second-order valence-corrected chi connectivity index (χ2v) is 5.34. The van der Waals surface area contributed by atoms with E-state index in [0.717, 1.165) is 12.1 Å². The maximum absolute atomic E-state index is 11.7. The number of anilines is 1. The number of hydrogen-bond donors (Lipinski definition) is 1. The summed E-state index contributed by atoms with van der Waals surface area (Å²) in [7, 11) is 0. The molecule has 0 bridgehead atoms. The van der Waals surface area contributed by atoms with Crippen LogP contribution in [0.25, 0.3) is 0 Å². The van der Waals surface area contributed by atoms with E-state index in [1.165, 1.54) is 4.88 Å². The number of carbonyl (C=O) groups excluding carboxylic acids is 1. The topological polar surface area (TPSA) is 75.0 Å². The van der Waals surface area contributed by atoms with Gasteiger partial charge in [-0.25, -0.2) is 4.98 Å². The number of amides is 1. The highest BCUT2D eigenvalue weighted by Crippen LogP contribution is 2.12. The van der Waals surface area contributed by atoms with E-state index < -0.39 is 0 Å². The first kappa shape index (κ1) is 15.2. The largest absolute Gasteiger partial charge is 0.371 e. The standard InChI is InChI=1S/C15H15N3O2S/c1-11-14(21-10-17-11)5-6-20-9-15(19)18-13-4-2-3-12(7-13)8-16/h2-4,7,10H,5-6,9H2,1H3,(H,18,19). The van der Waals surface area contributed by atoms with Crippen LogP contribution in [0.4, 0.5) is 5.69 Å². The molecule has 5 nitrogen and oxygen atoms in total. The molecule has 0 atom stereocenters. The molecule has 0 saturated heterocycles. The number of benzene rings is 1. The Labute approximate surface area is 127 Å². The Hall–Kier alpha value is -2.23. The third kappa shape index (κ3) is 4.67. The number of aromatic nitrogens is 1. The molecule has 108 valence electrons. The number of aryl methyl sites for hydroxylation is 1. The summed E-state index contributed by atoms with van der Waals surface area (Å²) in [4.78, 5) is 17.0. The molecule has 0 aliphatic carbocycles. The number of hydrogen-bond acceptors (Lipinski definition) is 5. The van der Waals surface area contributed by atoms with Crippen LogP contribution in [0.2, 0.25) is 0 Å². The Balaban J connectivity index is 1.72. The van der Waals surface area contributed by atoms with Gasteiger partial charge in [-0.05, 0) is 25.1 Å². The van der Waals surface area contributed by atoms with Crippen molar-refractivity contribution in [2.24, 2.45) is 0 Å². The van der Waals surface area contributed by atoms with Gasteiger partial charge in [-0.3, -0.25) is 4.79 Å². The SMILES string of the molecule is Cc1ncsc1CCOCC(=O)Nc1cccc(C#N)c1. The highest BCUT2D eigenvalue weighted by atomic mass is 32.1. The second kappa shape index (κ2) is 7.53. The molecule has 21 heavy (non-hydrogen) atoms. The summed E-state index contributed by atoms with van der Waals surface area (Å²) in [5.74, 6) is -0.230. The summed E-state index contributed by atoms with van der Waals surface area (Å²) >= 11 is 1.59. The molecule has 0 spiro atoms. The first-order valence-electron chi connectivity index (χ1n) is 6.46. The predicted molar refractivity (Wildman–Crippen MR) is 81.2 cm³/mol. The van der Waals surface area contributed by atoms with Crippen LogP contribution in [-0.4, -0.2) is 24.1 Å². The van der Waals surface area contributed by atoms with E-state index in [1.807, 2.05) is 13.0 Å². The quantitative estimate of drug-likeness (QED) is 0.832. The zero-order valence-corrected chi connectivity index (χ0v) is 12.4. The second-order valence-electron chi connectivity index (χ2n) is 4.40. The smallest absolute Gasteiger partial charge is 0.250 e. The molecular weight excluding hydrogens is 286 g/mol. The monoisotopic (exact) mass is 301 g/mol. The summed E-state index contributed by atoms with van der Waals surface area (Å²) in [5, 5.41) is 11.5. The van der Waals surface area contributed by atoms with E-state index in [0.29, 0.717) is 17.9 Å². The number of nitrogens with zero attached hydrogens (tertiary/aromatic N) is 2. The van der Waals surface area contributed by atoms with Crippen molar-refractivity contribution < 1.29 is 9.53 Å². The van der Waals surface area contributed by atoms with E-state index in [4.69, 9.17) is 10.00 Å². The van der Waals surface area contributed by atoms with Crippen molar-refractivity contribution in [2.75, 3.05) is 18.5 Å². The maximum Gasteiger partial charge on any atom is 0.250 e. The summed E-state index contributed by atoms with van der Waals surface area (Å²) in [6, 6.07) is 8.79. The lowest BCUT2D eigenvalue weighted by Gasteiger charge is -2.06. The minimum absolute atomic E-state index is 0.00532. The molecule has 1 heterocycles. The van der Waals surface area contributed by atoms with E-state index in [2.05, 4.69) is 10.3 Å². The lowest BCUT2D eigenvalue weighted by Crippen LogP contribution is -2.19. The minimum atomic E-state index is -0.230. The number of nitriles is 1. The van der Waals surface area contributed by atoms with Gasteiger partial charge in [0.05, 0.1) is 29.4 Å². The maximum atomic E-state index is 11.7. The average molecular weight is 301 g/mol. The zero-order valence-electron chi connectivity index (χ0n) is 11.6. The van der Waals surface area contributed by atoms with Crippen LogP contribution >= 0.6 is 11.3 Å². The van der Waals surface area contributed by atoms with Crippen molar-refractivity contribution in [1.82, 2.24) is 4.98 Å². The Morgan fingerprint density at radius 1 is 1.52 bits per heavy atom. The Bertz CT molecular complexity index is 661. The van der Waals surface area contributed by atoms with Gasteiger partial charge in [-0.15, -0.1) is 11.3 Å². The number of carbonyl (C=O) groups is 1. The number of ether oxygens (including phenoxy) is 1. The number of thiazole rings is 1. The van der Waals surface area contributed by atoms with Gasteiger partial charge in [0, 0.05) is 17.0 Å². The van der Waals surface area contributed by atoms with Gasteiger partial charge in [0.1, 0.15) is 6.61 Å². The van der Waals surface area contributed by atoms with Gasteiger partial charge in [-0.2, -0.15) is 5.26 Å². The van der Waals surface area contributed by atoms with Crippen LogP contribution in [0.3, 0.4) is 0 Å². The minimum Gasteiger partial charge on any atom is -0.371 e. The summed E-state index contributed by atoms with van der Waals surface area (Å²) < 4.78 is 5.35. The fraction of sp³-hybridized carbons (Fsp3) is 0.267. The van der Waals surface area contributed by atoms with Crippen molar-refractivity contribution in [3.63, 3.8) is 0 Å². The molecule has 1 aromatic carbocycles. The molecule has 0 aliphatic heterocycles. The van der Waals surface area contributed by atoms with Crippen LogP contribution in [0, 0.1) is 18.3 Å². The Kier molecular flexibility index (Phi) is 5.43. The van der Waals surface area contributed by atoms with Crippen molar-refractivity contribution in [2.45, 2.75) is 13.3 Å². The van der Waals surface area contributed by atoms with Crippen LogP contribution < -0.4 is 5.32 Å². The molecule has 6 heteroatoms. The Morgan fingerprint density at radius 3 is 3.10 bits per heavy atom. The van der Waals surface area contributed by atoms with E-state index in [1.54, 1.807) is 41.1 Å². The molecule has 1 N–H and O–H groups in total. The van der Waals surface area contributed by atoms with Gasteiger partial charge in [0.25, 0.3) is 0 Å². The van der Waals surface area contributed by atoms with Crippen LogP contribution in [0.15, 0.2) is 29.8 Å². The van der Waals surface area contributed by atoms with Gasteiger partial charge >= 0.3 is 0 Å². The van der Waals surface area contributed by atoms with Crippen molar-refractivity contribution in [3.8, 4) is 6.07 Å². The molecule has 0 saturated carbocycles. The van der Waals surface area contributed by atoms with E-state index in [-0.39, 0.29) is 12.5 Å². The molecule has 2 rings (SSSR count). The first-order valence-corrected chi connectivity index (χ1v) is 7.33. The fourth-order valence-corrected chi connectivity index (χ4v) is 2.52. The fourth-order valence-electron chi connectivity index (χ4n) is 1.76. The molecule has 0 radical (unpaired) electrons. The third-order valence-electron chi connectivity index (χ3n) is 2.83. The van der Waals surface area contributed by atoms with E-state index >= 15 is 0 Å². The molecule has 0 fully saturated rings. The van der Waals surface area contributed by atoms with Gasteiger partial charge in [0.2, 0.25) is 5.91 Å². The normalized spacial score (nSPS) is 10.1. The van der Waals surface area contributed by atoms with Gasteiger partial charge < -0.3 is 10.1 Å². The van der Waals surface area contributed by atoms with Crippen molar-refractivity contribution >= 4 is 22.9 Å². The predicted octanol–water partition coefficient (Wildman–Crippen LogP) is 2.52. The van der Waals surface area contributed by atoms with Crippen LogP contribution in [-0.2, 0) is 16.0 Å².